The minimum atomic E-state index is 0.314. The molecule has 3 rings (SSSR count). The summed E-state index contributed by atoms with van der Waals surface area (Å²) in [6, 6.07) is 3.77. The van der Waals surface area contributed by atoms with Gasteiger partial charge < -0.3 is 9.47 Å². The van der Waals surface area contributed by atoms with Crippen LogP contribution in [0.3, 0.4) is 0 Å². The lowest BCUT2D eigenvalue weighted by Crippen LogP contribution is -2.15. The Morgan fingerprint density at radius 3 is 2.61 bits per heavy atom. The van der Waals surface area contributed by atoms with Crippen LogP contribution in [0, 0.1) is 6.92 Å². The maximum Gasteiger partial charge on any atom is 0.183 e. The zero-order valence-electron chi connectivity index (χ0n) is 9.68. The van der Waals surface area contributed by atoms with Gasteiger partial charge in [-0.05, 0) is 24.6 Å². The molecule has 0 unspecified atom stereocenters. The average Bonchev–Trinajstić information content (AvgIpc) is 2.38. The first kappa shape index (κ1) is 11.2. The van der Waals surface area contributed by atoms with Gasteiger partial charge in [0.15, 0.2) is 22.5 Å². The number of hydrogen-bond donors (Lipinski definition) is 0. The molecule has 2 aromatic rings. The fraction of sp³-hybridized carbons (Fsp3) is 0.250. The van der Waals surface area contributed by atoms with Crippen molar-refractivity contribution in [3.8, 4) is 22.9 Å². The smallest absolute Gasteiger partial charge is 0.183 e. The van der Waals surface area contributed by atoms with Gasteiger partial charge in [-0.1, -0.05) is 11.6 Å². The largest absolute Gasteiger partial charge is 0.486 e. The van der Waals surface area contributed by atoms with Crippen molar-refractivity contribution in [3.05, 3.63) is 29.0 Å². The van der Waals surface area contributed by atoms with Crippen molar-refractivity contribution < 1.29 is 9.47 Å². The Labute approximate surface area is 109 Å². The highest BCUT2D eigenvalue weighted by atomic mass is 35.5. The number of benzene rings is 1. The van der Waals surface area contributed by atoms with E-state index in [9.17, 15) is 0 Å². The molecule has 0 amide bonds. The Bertz CT molecular complexity index is 604. The molecule has 5 nitrogen and oxygen atoms in total. The maximum absolute atomic E-state index is 5.82. The van der Waals surface area contributed by atoms with Crippen LogP contribution in [-0.4, -0.2) is 28.4 Å². The van der Waals surface area contributed by atoms with Crippen LogP contribution in [0.25, 0.3) is 11.4 Å². The highest BCUT2D eigenvalue weighted by Gasteiger charge is 2.16. The van der Waals surface area contributed by atoms with Crippen molar-refractivity contribution >= 4 is 11.6 Å². The van der Waals surface area contributed by atoms with Crippen LogP contribution in [0.2, 0.25) is 5.15 Å². The summed E-state index contributed by atoms with van der Waals surface area (Å²) in [6.45, 7) is 3.07. The van der Waals surface area contributed by atoms with Crippen LogP contribution >= 0.6 is 11.6 Å². The van der Waals surface area contributed by atoms with Gasteiger partial charge in [0, 0.05) is 5.56 Å². The number of nitrogens with zero attached hydrogens (tertiary/aromatic N) is 3. The van der Waals surface area contributed by atoms with E-state index in [1.807, 2.05) is 19.1 Å². The molecule has 1 aromatic carbocycles. The molecule has 92 valence electrons. The highest BCUT2D eigenvalue weighted by molar-refractivity contribution is 6.29. The van der Waals surface area contributed by atoms with Crippen molar-refractivity contribution in [1.82, 2.24) is 15.2 Å². The SMILES string of the molecule is Cc1cc2c(cc1-c1nncc(Cl)n1)OCCO2. The second-order valence-corrected chi connectivity index (χ2v) is 4.30. The van der Waals surface area contributed by atoms with E-state index in [0.717, 1.165) is 16.9 Å². The Morgan fingerprint density at radius 2 is 1.89 bits per heavy atom. The fourth-order valence-corrected chi connectivity index (χ4v) is 1.95. The van der Waals surface area contributed by atoms with E-state index in [2.05, 4.69) is 15.2 Å². The van der Waals surface area contributed by atoms with Gasteiger partial charge in [0.1, 0.15) is 13.2 Å². The zero-order valence-corrected chi connectivity index (χ0v) is 10.4. The summed E-state index contributed by atoms with van der Waals surface area (Å²) in [5.74, 6) is 1.93. The molecule has 0 bridgehead atoms. The third kappa shape index (κ3) is 1.97. The number of aryl methyl sites for hydroxylation is 1. The Kier molecular flexibility index (Phi) is 2.76. The van der Waals surface area contributed by atoms with Crippen molar-refractivity contribution in [3.63, 3.8) is 0 Å². The molecule has 1 aromatic heterocycles. The Balaban J connectivity index is 2.12. The molecule has 0 atom stereocenters. The summed E-state index contributed by atoms with van der Waals surface area (Å²) in [6.07, 6.45) is 1.40. The van der Waals surface area contributed by atoms with Crippen LogP contribution in [0.4, 0.5) is 0 Å². The molecule has 0 fully saturated rings. The van der Waals surface area contributed by atoms with Gasteiger partial charge in [-0.3, -0.25) is 0 Å². The number of rotatable bonds is 1. The molecular weight excluding hydrogens is 254 g/mol. The van der Waals surface area contributed by atoms with Crippen molar-refractivity contribution in [2.45, 2.75) is 6.92 Å². The van der Waals surface area contributed by atoms with Gasteiger partial charge in [-0.15, -0.1) is 5.10 Å². The second-order valence-electron chi connectivity index (χ2n) is 3.91. The summed E-state index contributed by atoms with van der Waals surface area (Å²) in [5.41, 5.74) is 1.83. The topological polar surface area (TPSA) is 57.1 Å². The number of halogens is 1. The first-order valence-electron chi connectivity index (χ1n) is 5.50. The molecule has 1 aliphatic heterocycles. The van der Waals surface area contributed by atoms with Crippen LogP contribution in [0.1, 0.15) is 5.56 Å². The summed E-state index contributed by atoms with van der Waals surface area (Å²) < 4.78 is 11.0. The summed E-state index contributed by atoms with van der Waals surface area (Å²) in [5, 5.41) is 8.09. The summed E-state index contributed by atoms with van der Waals surface area (Å²) in [7, 11) is 0. The summed E-state index contributed by atoms with van der Waals surface area (Å²) >= 11 is 5.82. The van der Waals surface area contributed by atoms with Crippen LogP contribution in [0.15, 0.2) is 18.3 Å². The van der Waals surface area contributed by atoms with E-state index in [4.69, 9.17) is 21.1 Å². The van der Waals surface area contributed by atoms with E-state index >= 15 is 0 Å². The monoisotopic (exact) mass is 263 g/mol. The molecule has 1 aliphatic rings. The van der Waals surface area contributed by atoms with E-state index in [-0.39, 0.29) is 0 Å². The van der Waals surface area contributed by atoms with Crippen molar-refractivity contribution in [2.75, 3.05) is 13.2 Å². The predicted molar refractivity (Wildman–Crippen MR) is 66.0 cm³/mol. The van der Waals surface area contributed by atoms with Gasteiger partial charge in [0.05, 0.1) is 6.20 Å². The maximum atomic E-state index is 5.82. The minimum Gasteiger partial charge on any atom is -0.486 e. The highest BCUT2D eigenvalue weighted by Crippen LogP contribution is 2.36. The van der Waals surface area contributed by atoms with Crippen molar-refractivity contribution in [1.29, 1.82) is 0 Å². The summed E-state index contributed by atoms with van der Waals surface area (Å²) in [4.78, 5) is 4.15. The molecule has 0 N–H and O–H groups in total. The molecule has 0 aliphatic carbocycles. The molecular formula is C12H10ClN3O2. The van der Waals surface area contributed by atoms with E-state index in [1.54, 1.807) is 0 Å². The lowest BCUT2D eigenvalue weighted by atomic mass is 10.1. The van der Waals surface area contributed by atoms with Crippen molar-refractivity contribution in [2.24, 2.45) is 0 Å². The van der Waals surface area contributed by atoms with Crippen LogP contribution in [0.5, 0.6) is 11.5 Å². The third-order valence-electron chi connectivity index (χ3n) is 2.66. The third-order valence-corrected chi connectivity index (χ3v) is 2.84. The standard InChI is InChI=1S/C12H10ClN3O2/c1-7-4-9-10(18-3-2-17-9)5-8(7)12-15-11(13)6-14-16-12/h4-6H,2-3H2,1H3. The lowest BCUT2D eigenvalue weighted by molar-refractivity contribution is 0.171. The van der Waals surface area contributed by atoms with Gasteiger partial charge in [-0.2, -0.15) is 5.10 Å². The average molecular weight is 264 g/mol. The van der Waals surface area contributed by atoms with E-state index in [0.29, 0.717) is 29.9 Å². The molecule has 0 saturated heterocycles. The lowest BCUT2D eigenvalue weighted by Gasteiger charge is -2.19. The Morgan fingerprint density at radius 1 is 1.17 bits per heavy atom. The molecule has 0 radical (unpaired) electrons. The number of fused-ring (bicyclic) bond motifs is 1. The second kappa shape index (κ2) is 4.42. The van der Waals surface area contributed by atoms with Gasteiger partial charge in [0.2, 0.25) is 0 Å². The molecule has 0 spiro atoms. The minimum absolute atomic E-state index is 0.314. The first-order chi connectivity index (χ1) is 8.74. The molecule has 0 saturated carbocycles. The van der Waals surface area contributed by atoms with Crippen LogP contribution in [-0.2, 0) is 0 Å². The first-order valence-corrected chi connectivity index (χ1v) is 5.87. The Hall–Kier alpha value is -1.88. The van der Waals surface area contributed by atoms with E-state index < -0.39 is 0 Å². The molecule has 2 heterocycles. The molecule has 6 heteroatoms. The van der Waals surface area contributed by atoms with Gasteiger partial charge in [0.25, 0.3) is 0 Å². The number of aromatic nitrogens is 3. The normalized spacial score (nSPS) is 13.4. The molecule has 18 heavy (non-hydrogen) atoms. The van der Waals surface area contributed by atoms with Gasteiger partial charge in [-0.25, -0.2) is 4.98 Å². The predicted octanol–water partition coefficient (Wildman–Crippen LogP) is 2.27. The fourth-order valence-electron chi connectivity index (χ4n) is 1.83. The van der Waals surface area contributed by atoms with Gasteiger partial charge >= 0.3 is 0 Å². The zero-order chi connectivity index (χ0) is 12.5. The number of hydrogen-bond acceptors (Lipinski definition) is 5. The quantitative estimate of drug-likeness (QED) is 0.790. The van der Waals surface area contributed by atoms with Crippen LogP contribution < -0.4 is 9.47 Å². The van der Waals surface area contributed by atoms with E-state index in [1.165, 1.54) is 6.20 Å². The number of ether oxygens (including phenoxy) is 2.